The van der Waals surface area contributed by atoms with Crippen molar-refractivity contribution < 1.29 is 4.79 Å². The first-order valence-corrected chi connectivity index (χ1v) is 6.89. The Hall–Kier alpha value is -1.06. The lowest BCUT2D eigenvalue weighted by molar-refractivity contribution is 0.156. The third-order valence-electron chi connectivity index (χ3n) is 4.51. The van der Waals surface area contributed by atoms with Crippen molar-refractivity contribution in [3.63, 3.8) is 0 Å². The fourth-order valence-electron chi connectivity index (χ4n) is 3.24. The van der Waals surface area contributed by atoms with Crippen molar-refractivity contribution in [1.29, 1.82) is 0 Å². The largest absolute Gasteiger partial charge is 0.385 e. The van der Waals surface area contributed by atoms with Gasteiger partial charge in [-0.05, 0) is 31.6 Å². The molecule has 17 heavy (non-hydrogen) atoms. The summed E-state index contributed by atoms with van der Waals surface area (Å²) in [7, 11) is 0. The molecule has 2 aliphatic carbocycles. The summed E-state index contributed by atoms with van der Waals surface area (Å²) in [5.41, 5.74) is 5.87. The van der Waals surface area contributed by atoms with E-state index >= 15 is 0 Å². The second-order valence-electron chi connectivity index (χ2n) is 5.78. The van der Waals surface area contributed by atoms with Gasteiger partial charge in [0.15, 0.2) is 0 Å². The molecule has 0 atom stereocenters. The zero-order valence-corrected chi connectivity index (χ0v) is 10.3. The molecule has 1 heterocycles. The van der Waals surface area contributed by atoms with E-state index in [4.69, 9.17) is 5.73 Å². The molecule has 0 bridgehead atoms. The van der Waals surface area contributed by atoms with Crippen molar-refractivity contribution in [3.8, 4) is 0 Å². The van der Waals surface area contributed by atoms with Crippen molar-refractivity contribution in [2.24, 2.45) is 16.6 Å². The number of nitrogens with two attached hydrogens (primary N) is 1. The predicted octanol–water partition coefficient (Wildman–Crippen LogP) is 2.28. The van der Waals surface area contributed by atoms with Crippen LogP contribution >= 0.6 is 0 Å². The molecule has 0 aromatic carbocycles. The Morgan fingerprint density at radius 1 is 1.24 bits per heavy atom. The van der Waals surface area contributed by atoms with Crippen LogP contribution in [0.5, 0.6) is 0 Å². The van der Waals surface area contributed by atoms with Gasteiger partial charge in [0.2, 0.25) is 0 Å². The fraction of sp³-hybridized carbons (Fsp3) is 0.846. The first kappa shape index (κ1) is 11.1. The Bertz CT molecular complexity index is 352. The molecular formula is C13H21N3O. The van der Waals surface area contributed by atoms with Crippen molar-refractivity contribution in [2.45, 2.75) is 56.9 Å². The van der Waals surface area contributed by atoms with Gasteiger partial charge in [0.05, 0.1) is 0 Å². The van der Waals surface area contributed by atoms with Crippen LogP contribution in [0.15, 0.2) is 4.99 Å². The molecule has 2 amide bonds. The number of carbonyl (C=O) groups is 1. The fourth-order valence-corrected chi connectivity index (χ4v) is 3.24. The van der Waals surface area contributed by atoms with E-state index < -0.39 is 0 Å². The Labute approximate surface area is 102 Å². The number of rotatable bonds is 2. The van der Waals surface area contributed by atoms with Gasteiger partial charge in [0.1, 0.15) is 11.4 Å². The summed E-state index contributed by atoms with van der Waals surface area (Å²) in [6, 6.07) is -0.0868. The standard InChI is InChI=1S/C13H21N3O/c14-11-13(7-3-1-2-4-8-13)16(12(17)15-11)9-10-5-6-10/h10H,1-9H2,(H2,14,15,17). The van der Waals surface area contributed by atoms with E-state index in [0.29, 0.717) is 11.8 Å². The lowest BCUT2D eigenvalue weighted by Gasteiger charge is -2.37. The van der Waals surface area contributed by atoms with Crippen LogP contribution in [0.2, 0.25) is 0 Å². The number of amides is 2. The summed E-state index contributed by atoms with van der Waals surface area (Å²) < 4.78 is 0. The lowest BCUT2D eigenvalue weighted by atomic mass is 9.87. The maximum atomic E-state index is 12.0. The quantitative estimate of drug-likeness (QED) is 0.798. The van der Waals surface area contributed by atoms with Gasteiger partial charge >= 0.3 is 6.03 Å². The Morgan fingerprint density at radius 3 is 2.47 bits per heavy atom. The van der Waals surface area contributed by atoms with Crippen LogP contribution < -0.4 is 5.73 Å². The maximum Gasteiger partial charge on any atom is 0.346 e. The van der Waals surface area contributed by atoms with Crippen molar-refractivity contribution in [1.82, 2.24) is 4.90 Å². The highest BCUT2D eigenvalue weighted by molar-refractivity contribution is 6.05. The van der Waals surface area contributed by atoms with E-state index in [1.54, 1.807) is 0 Å². The molecule has 0 unspecified atom stereocenters. The van der Waals surface area contributed by atoms with Crippen LogP contribution in [-0.2, 0) is 0 Å². The molecule has 3 rings (SSSR count). The summed E-state index contributed by atoms with van der Waals surface area (Å²) in [6.07, 6.45) is 9.43. The first-order chi connectivity index (χ1) is 8.22. The van der Waals surface area contributed by atoms with Crippen LogP contribution in [0.4, 0.5) is 4.79 Å². The van der Waals surface area contributed by atoms with Gasteiger partial charge in [-0.15, -0.1) is 0 Å². The minimum atomic E-state index is -0.212. The van der Waals surface area contributed by atoms with Gasteiger partial charge in [-0.2, -0.15) is 4.99 Å². The smallest absolute Gasteiger partial charge is 0.346 e. The van der Waals surface area contributed by atoms with E-state index in [1.165, 1.54) is 38.5 Å². The molecule has 4 nitrogen and oxygen atoms in total. The van der Waals surface area contributed by atoms with Crippen LogP contribution in [0.1, 0.15) is 51.4 Å². The number of amidine groups is 1. The number of hydrogen-bond donors (Lipinski definition) is 1. The van der Waals surface area contributed by atoms with Gasteiger partial charge in [0, 0.05) is 6.54 Å². The Kier molecular flexibility index (Phi) is 2.60. The van der Waals surface area contributed by atoms with Crippen molar-refractivity contribution in [2.75, 3.05) is 6.54 Å². The maximum absolute atomic E-state index is 12.0. The van der Waals surface area contributed by atoms with Crippen LogP contribution in [0.25, 0.3) is 0 Å². The third kappa shape index (κ3) is 1.83. The molecule has 0 aromatic heterocycles. The average Bonchev–Trinajstić information content (AvgIpc) is 3.09. The molecule has 4 heteroatoms. The molecule has 3 aliphatic rings. The molecule has 1 aliphatic heterocycles. The van der Waals surface area contributed by atoms with Gasteiger partial charge in [-0.3, -0.25) is 0 Å². The summed E-state index contributed by atoms with van der Waals surface area (Å²) in [4.78, 5) is 18.0. The molecule has 2 saturated carbocycles. The number of hydrogen-bond acceptors (Lipinski definition) is 2. The molecule has 0 saturated heterocycles. The average molecular weight is 235 g/mol. The van der Waals surface area contributed by atoms with Gasteiger partial charge in [-0.1, -0.05) is 25.7 Å². The predicted molar refractivity (Wildman–Crippen MR) is 66.9 cm³/mol. The summed E-state index contributed by atoms with van der Waals surface area (Å²) in [6.45, 7) is 0.878. The lowest BCUT2D eigenvalue weighted by Crippen LogP contribution is -2.54. The summed E-state index contributed by atoms with van der Waals surface area (Å²) >= 11 is 0. The third-order valence-corrected chi connectivity index (χ3v) is 4.51. The minimum absolute atomic E-state index is 0.0868. The monoisotopic (exact) mass is 235 g/mol. The number of nitrogens with zero attached hydrogens (tertiary/aromatic N) is 2. The van der Waals surface area contributed by atoms with E-state index in [1.807, 2.05) is 4.90 Å². The highest BCUT2D eigenvalue weighted by Gasteiger charge is 2.49. The zero-order chi connectivity index (χ0) is 11.9. The molecule has 2 fully saturated rings. The van der Waals surface area contributed by atoms with E-state index in [9.17, 15) is 4.79 Å². The molecular weight excluding hydrogens is 214 g/mol. The zero-order valence-electron chi connectivity index (χ0n) is 10.3. The number of aliphatic imine (C=N–C) groups is 1. The van der Waals surface area contributed by atoms with Gasteiger partial charge in [-0.25, -0.2) is 4.79 Å². The topological polar surface area (TPSA) is 58.7 Å². The van der Waals surface area contributed by atoms with Crippen molar-refractivity contribution in [3.05, 3.63) is 0 Å². The molecule has 94 valence electrons. The second-order valence-corrected chi connectivity index (χ2v) is 5.78. The van der Waals surface area contributed by atoms with Gasteiger partial charge < -0.3 is 10.6 Å². The molecule has 0 aromatic rings. The van der Waals surface area contributed by atoms with Crippen molar-refractivity contribution >= 4 is 11.9 Å². The number of carbonyl (C=O) groups excluding carboxylic acids is 1. The minimum Gasteiger partial charge on any atom is -0.385 e. The SMILES string of the molecule is NC1=NC(=O)N(CC2CC2)C12CCCCCC2. The Balaban J connectivity index is 1.85. The van der Waals surface area contributed by atoms with Crippen LogP contribution in [0.3, 0.4) is 0 Å². The highest BCUT2D eigenvalue weighted by atomic mass is 16.2. The van der Waals surface area contributed by atoms with Crippen LogP contribution in [-0.4, -0.2) is 28.9 Å². The van der Waals surface area contributed by atoms with E-state index in [2.05, 4.69) is 4.99 Å². The van der Waals surface area contributed by atoms with Crippen LogP contribution in [0, 0.1) is 5.92 Å². The van der Waals surface area contributed by atoms with Gasteiger partial charge in [0.25, 0.3) is 0 Å². The normalized spacial score (nSPS) is 28.4. The molecule has 2 N–H and O–H groups in total. The first-order valence-electron chi connectivity index (χ1n) is 6.89. The second kappa shape index (κ2) is 4.00. The number of urea groups is 1. The summed E-state index contributed by atoms with van der Waals surface area (Å²) in [5, 5.41) is 0. The summed E-state index contributed by atoms with van der Waals surface area (Å²) in [5.74, 6) is 1.30. The molecule has 0 radical (unpaired) electrons. The van der Waals surface area contributed by atoms with E-state index in [-0.39, 0.29) is 11.6 Å². The molecule has 1 spiro atoms. The highest BCUT2D eigenvalue weighted by Crippen LogP contribution is 2.40. The van der Waals surface area contributed by atoms with E-state index in [0.717, 1.165) is 19.4 Å². The Morgan fingerprint density at radius 2 is 1.88 bits per heavy atom.